The van der Waals surface area contributed by atoms with Crippen LogP contribution < -0.4 is 10.1 Å². The molecule has 8 heteroatoms. The van der Waals surface area contributed by atoms with Crippen LogP contribution in [0.1, 0.15) is 19.6 Å². The summed E-state index contributed by atoms with van der Waals surface area (Å²) in [6, 6.07) is 3.49. The summed E-state index contributed by atoms with van der Waals surface area (Å²) in [6.45, 7) is 3.82. The molecule has 20 heavy (non-hydrogen) atoms. The predicted molar refractivity (Wildman–Crippen MR) is 70.5 cm³/mol. The minimum absolute atomic E-state index is 0.0538. The van der Waals surface area contributed by atoms with Gasteiger partial charge in [-0.05, 0) is 26.0 Å². The standard InChI is InChI=1S/C12H14N4O4/c1-8(2)20-12-10(16(17)18)11(14-7-15-12)13-6-9-4-3-5-19-9/h3-5,7-8H,6H2,1-2H3,(H,13,14,15). The number of nitrogens with one attached hydrogen (secondary N) is 1. The molecule has 0 saturated carbocycles. The molecule has 0 unspecified atom stereocenters. The fraction of sp³-hybridized carbons (Fsp3) is 0.333. The van der Waals surface area contributed by atoms with Crippen LogP contribution in [0.4, 0.5) is 11.5 Å². The molecule has 2 heterocycles. The van der Waals surface area contributed by atoms with Crippen molar-refractivity contribution in [3.8, 4) is 5.88 Å². The highest BCUT2D eigenvalue weighted by Crippen LogP contribution is 2.31. The average molecular weight is 278 g/mol. The first-order chi connectivity index (χ1) is 9.58. The highest BCUT2D eigenvalue weighted by Gasteiger charge is 2.25. The highest BCUT2D eigenvalue weighted by atomic mass is 16.6. The van der Waals surface area contributed by atoms with Gasteiger partial charge < -0.3 is 14.5 Å². The van der Waals surface area contributed by atoms with Crippen LogP contribution >= 0.6 is 0 Å². The molecular weight excluding hydrogens is 264 g/mol. The van der Waals surface area contributed by atoms with E-state index in [1.165, 1.54) is 12.6 Å². The maximum atomic E-state index is 11.2. The smallest absolute Gasteiger partial charge is 0.372 e. The minimum Gasteiger partial charge on any atom is -0.470 e. The quantitative estimate of drug-likeness (QED) is 0.639. The Bertz CT molecular complexity index is 583. The SMILES string of the molecule is CC(C)Oc1ncnc(NCc2ccco2)c1[N+](=O)[O-]. The molecule has 0 aliphatic heterocycles. The lowest BCUT2D eigenvalue weighted by molar-refractivity contribution is -0.385. The van der Waals surface area contributed by atoms with Gasteiger partial charge in [0.05, 0.1) is 23.8 Å². The van der Waals surface area contributed by atoms with Crippen LogP contribution in [-0.4, -0.2) is 21.0 Å². The summed E-state index contributed by atoms with van der Waals surface area (Å²) in [6.07, 6.45) is 2.52. The van der Waals surface area contributed by atoms with Crippen molar-refractivity contribution < 1.29 is 14.1 Å². The lowest BCUT2D eigenvalue weighted by atomic mass is 10.4. The number of nitro groups is 1. The zero-order chi connectivity index (χ0) is 14.5. The second-order valence-corrected chi connectivity index (χ2v) is 4.23. The Hall–Kier alpha value is -2.64. The van der Waals surface area contributed by atoms with E-state index in [4.69, 9.17) is 9.15 Å². The molecule has 106 valence electrons. The third-order valence-corrected chi connectivity index (χ3v) is 2.33. The number of hydrogen-bond acceptors (Lipinski definition) is 7. The maximum Gasteiger partial charge on any atom is 0.372 e. The Morgan fingerprint density at radius 2 is 2.30 bits per heavy atom. The normalized spacial score (nSPS) is 10.6. The van der Waals surface area contributed by atoms with Crippen LogP contribution in [0.2, 0.25) is 0 Å². The predicted octanol–water partition coefficient (Wildman–Crippen LogP) is 2.38. The van der Waals surface area contributed by atoms with Gasteiger partial charge in [-0.15, -0.1) is 0 Å². The van der Waals surface area contributed by atoms with E-state index in [0.29, 0.717) is 5.76 Å². The lowest BCUT2D eigenvalue weighted by Gasteiger charge is -2.10. The number of rotatable bonds is 6. The molecule has 8 nitrogen and oxygen atoms in total. The number of anilines is 1. The molecule has 1 N–H and O–H groups in total. The molecule has 0 amide bonds. The molecule has 0 bridgehead atoms. The van der Waals surface area contributed by atoms with Gasteiger partial charge in [-0.3, -0.25) is 10.1 Å². The summed E-state index contributed by atoms with van der Waals surface area (Å²) in [5.74, 6) is 0.684. The first-order valence-electron chi connectivity index (χ1n) is 6.00. The van der Waals surface area contributed by atoms with Gasteiger partial charge in [0, 0.05) is 0 Å². The number of hydrogen-bond donors (Lipinski definition) is 1. The van der Waals surface area contributed by atoms with Crippen molar-refractivity contribution in [3.05, 3.63) is 40.6 Å². The van der Waals surface area contributed by atoms with Crippen LogP contribution in [0, 0.1) is 10.1 Å². The lowest BCUT2D eigenvalue weighted by Crippen LogP contribution is -2.11. The van der Waals surface area contributed by atoms with Crippen LogP contribution in [0.15, 0.2) is 29.1 Å². The fourth-order valence-electron chi connectivity index (χ4n) is 1.55. The molecule has 0 radical (unpaired) electrons. The summed E-state index contributed by atoms with van der Waals surface area (Å²) in [5, 5.41) is 14.0. The van der Waals surface area contributed by atoms with Gasteiger partial charge in [0.25, 0.3) is 5.88 Å². The molecule has 0 atom stereocenters. The first-order valence-corrected chi connectivity index (χ1v) is 6.00. The Morgan fingerprint density at radius 1 is 1.50 bits per heavy atom. The van der Waals surface area contributed by atoms with Gasteiger partial charge in [0.2, 0.25) is 5.82 Å². The highest BCUT2D eigenvalue weighted by molar-refractivity contribution is 5.61. The number of aromatic nitrogens is 2. The van der Waals surface area contributed by atoms with Crippen LogP contribution in [-0.2, 0) is 6.54 Å². The van der Waals surface area contributed by atoms with E-state index in [9.17, 15) is 10.1 Å². The van der Waals surface area contributed by atoms with Crippen LogP contribution in [0.25, 0.3) is 0 Å². The van der Waals surface area contributed by atoms with Crippen molar-refractivity contribution in [2.24, 2.45) is 0 Å². The summed E-state index contributed by atoms with van der Waals surface area (Å²) >= 11 is 0. The van der Waals surface area contributed by atoms with E-state index in [-0.39, 0.29) is 30.0 Å². The molecule has 0 aliphatic rings. The average Bonchev–Trinajstić information content (AvgIpc) is 2.88. The van der Waals surface area contributed by atoms with Crippen molar-refractivity contribution in [2.75, 3.05) is 5.32 Å². The summed E-state index contributed by atoms with van der Waals surface area (Å²) in [7, 11) is 0. The van der Waals surface area contributed by atoms with Gasteiger partial charge in [-0.25, -0.2) is 4.98 Å². The van der Waals surface area contributed by atoms with Gasteiger partial charge in [-0.2, -0.15) is 4.98 Å². The number of furan rings is 1. The molecule has 2 aromatic rings. The monoisotopic (exact) mass is 278 g/mol. The second-order valence-electron chi connectivity index (χ2n) is 4.23. The van der Waals surface area contributed by atoms with Crippen molar-refractivity contribution in [1.29, 1.82) is 0 Å². The Morgan fingerprint density at radius 3 is 2.90 bits per heavy atom. The zero-order valence-corrected chi connectivity index (χ0v) is 11.1. The van der Waals surface area contributed by atoms with Gasteiger partial charge in [0.1, 0.15) is 12.1 Å². The van der Waals surface area contributed by atoms with Crippen LogP contribution in [0.3, 0.4) is 0 Å². The minimum atomic E-state index is -0.567. The van der Waals surface area contributed by atoms with E-state index in [1.54, 1.807) is 26.0 Å². The van der Waals surface area contributed by atoms with Crippen molar-refractivity contribution in [3.63, 3.8) is 0 Å². The molecule has 0 spiro atoms. The third-order valence-electron chi connectivity index (χ3n) is 2.33. The zero-order valence-electron chi connectivity index (χ0n) is 11.1. The maximum absolute atomic E-state index is 11.2. The molecule has 0 fully saturated rings. The molecule has 2 aromatic heterocycles. The summed E-state index contributed by atoms with van der Waals surface area (Å²) in [4.78, 5) is 18.3. The molecule has 0 aromatic carbocycles. The van der Waals surface area contributed by atoms with Gasteiger partial charge >= 0.3 is 5.69 Å². The Balaban J connectivity index is 2.24. The van der Waals surface area contributed by atoms with E-state index in [0.717, 1.165) is 0 Å². The number of nitrogens with zero attached hydrogens (tertiary/aromatic N) is 3. The second kappa shape index (κ2) is 6.00. The summed E-state index contributed by atoms with van der Waals surface area (Å²) in [5.41, 5.74) is -0.284. The third kappa shape index (κ3) is 3.22. The van der Waals surface area contributed by atoms with E-state index < -0.39 is 4.92 Å². The fourth-order valence-corrected chi connectivity index (χ4v) is 1.55. The largest absolute Gasteiger partial charge is 0.470 e. The van der Waals surface area contributed by atoms with Crippen molar-refractivity contribution >= 4 is 11.5 Å². The van der Waals surface area contributed by atoms with Crippen LogP contribution in [0.5, 0.6) is 5.88 Å². The van der Waals surface area contributed by atoms with Crippen molar-refractivity contribution in [1.82, 2.24) is 9.97 Å². The molecule has 2 rings (SSSR count). The van der Waals surface area contributed by atoms with Gasteiger partial charge in [-0.1, -0.05) is 0 Å². The van der Waals surface area contributed by atoms with Crippen molar-refractivity contribution in [2.45, 2.75) is 26.5 Å². The Labute approximate surface area is 114 Å². The van der Waals surface area contributed by atoms with E-state index in [2.05, 4.69) is 15.3 Å². The molecular formula is C12H14N4O4. The molecule has 0 saturated heterocycles. The first kappa shape index (κ1) is 13.8. The van der Waals surface area contributed by atoms with E-state index >= 15 is 0 Å². The Kier molecular flexibility index (Phi) is 4.14. The topological polar surface area (TPSA) is 103 Å². The van der Waals surface area contributed by atoms with Gasteiger partial charge in [0.15, 0.2) is 0 Å². The number of ether oxygens (including phenoxy) is 1. The van der Waals surface area contributed by atoms with E-state index in [1.807, 2.05) is 0 Å². The molecule has 0 aliphatic carbocycles. The summed E-state index contributed by atoms with van der Waals surface area (Å²) < 4.78 is 10.5.